The Labute approximate surface area is 132 Å². The van der Waals surface area contributed by atoms with Crippen LogP contribution in [0.3, 0.4) is 0 Å². The monoisotopic (exact) mass is 366 g/mol. The third-order valence-electron chi connectivity index (χ3n) is 2.71. The van der Waals surface area contributed by atoms with Crippen LogP contribution in [0.25, 0.3) is 10.2 Å². The molecule has 1 amide bonds. The summed E-state index contributed by atoms with van der Waals surface area (Å²) in [4.78, 5) is 16.6. The molecular formula is C14H8BrClN2OS. The van der Waals surface area contributed by atoms with E-state index >= 15 is 0 Å². The van der Waals surface area contributed by atoms with Gasteiger partial charge in [0.15, 0.2) is 5.13 Å². The van der Waals surface area contributed by atoms with E-state index in [9.17, 15) is 4.79 Å². The quantitative estimate of drug-likeness (QED) is 0.695. The largest absolute Gasteiger partial charge is 0.298 e. The van der Waals surface area contributed by atoms with Gasteiger partial charge in [0, 0.05) is 4.47 Å². The topological polar surface area (TPSA) is 42.0 Å². The number of hydrogen-bond donors (Lipinski definition) is 1. The minimum absolute atomic E-state index is 0.268. The SMILES string of the molecule is O=C(Nc1nc2ccccc2s1)c1cccc(Br)c1Cl. The Morgan fingerprint density at radius 1 is 1.20 bits per heavy atom. The number of anilines is 1. The number of rotatable bonds is 2. The molecule has 6 heteroatoms. The molecule has 0 bridgehead atoms. The molecule has 1 aromatic heterocycles. The van der Waals surface area contributed by atoms with E-state index in [1.807, 2.05) is 24.3 Å². The van der Waals surface area contributed by atoms with Crippen molar-refractivity contribution in [3.8, 4) is 0 Å². The van der Waals surface area contributed by atoms with Crippen LogP contribution in [0.2, 0.25) is 5.02 Å². The number of aromatic nitrogens is 1. The zero-order valence-corrected chi connectivity index (χ0v) is 13.2. The number of nitrogens with one attached hydrogen (secondary N) is 1. The van der Waals surface area contributed by atoms with Gasteiger partial charge in [-0.05, 0) is 40.2 Å². The van der Waals surface area contributed by atoms with Crippen LogP contribution in [0.5, 0.6) is 0 Å². The molecule has 20 heavy (non-hydrogen) atoms. The first-order valence-electron chi connectivity index (χ1n) is 5.76. The van der Waals surface area contributed by atoms with Crippen molar-refractivity contribution >= 4 is 60.1 Å². The normalized spacial score (nSPS) is 10.7. The Bertz CT molecular complexity index is 770. The van der Waals surface area contributed by atoms with Crippen molar-refractivity contribution < 1.29 is 4.79 Å². The van der Waals surface area contributed by atoms with Crippen LogP contribution in [0, 0.1) is 0 Å². The van der Waals surface area contributed by atoms with E-state index in [2.05, 4.69) is 26.2 Å². The molecule has 2 aromatic carbocycles. The number of nitrogens with zero attached hydrogens (tertiary/aromatic N) is 1. The molecule has 0 aliphatic carbocycles. The third-order valence-corrected chi connectivity index (χ3v) is 4.96. The molecule has 0 saturated carbocycles. The van der Waals surface area contributed by atoms with E-state index in [0.717, 1.165) is 10.2 Å². The minimum atomic E-state index is -0.268. The summed E-state index contributed by atoms with van der Waals surface area (Å²) < 4.78 is 1.72. The molecule has 0 fully saturated rings. The summed E-state index contributed by atoms with van der Waals surface area (Å²) in [5, 5.41) is 3.74. The number of hydrogen-bond acceptors (Lipinski definition) is 3. The molecule has 3 rings (SSSR count). The molecular weight excluding hydrogens is 360 g/mol. The molecule has 0 spiro atoms. The summed E-state index contributed by atoms with van der Waals surface area (Å²) in [6, 6.07) is 13.0. The van der Waals surface area contributed by atoms with Crippen LogP contribution in [-0.2, 0) is 0 Å². The summed E-state index contributed by atoms with van der Waals surface area (Å²) in [5.41, 5.74) is 1.29. The Morgan fingerprint density at radius 3 is 2.80 bits per heavy atom. The number of benzene rings is 2. The number of thiazole rings is 1. The Hall–Kier alpha value is -1.43. The number of para-hydroxylation sites is 1. The van der Waals surface area contributed by atoms with Gasteiger partial charge in [0.1, 0.15) is 0 Å². The smallest absolute Gasteiger partial charge is 0.258 e. The van der Waals surface area contributed by atoms with Gasteiger partial charge in [0.2, 0.25) is 0 Å². The van der Waals surface area contributed by atoms with Gasteiger partial charge in [-0.15, -0.1) is 0 Å². The number of amides is 1. The van der Waals surface area contributed by atoms with Crippen molar-refractivity contribution in [1.82, 2.24) is 4.98 Å². The minimum Gasteiger partial charge on any atom is -0.298 e. The first kappa shape index (κ1) is 13.5. The molecule has 0 atom stereocenters. The van der Waals surface area contributed by atoms with Gasteiger partial charge in [-0.1, -0.05) is 41.1 Å². The predicted molar refractivity (Wildman–Crippen MR) is 86.7 cm³/mol. The molecule has 3 nitrogen and oxygen atoms in total. The highest BCUT2D eigenvalue weighted by Crippen LogP contribution is 2.29. The van der Waals surface area contributed by atoms with E-state index < -0.39 is 0 Å². The summed E-state index contributed by atoms with van der Waals surface area (Å²) >= 11 is 10.8. The van der Waals surface area contributed by atoms with Gasteiger partial charge >= 0.3 is 0 Å². The van der Waals surface area contributed by atoms with Gasteiger partial charge in [-0.3, -0.25) is 10.1 Å². The van der Waals surface area contributed by atoms with Gasteiger partial charge < -0.3 is 0 Å². The van der Waals surface area contributed by atoms with Gasteiger partial charge in [-0.25, -0.2) is 4.98 Å². The molecule has 0 aliphatic rings. The van der Waals surface area contributed by atoms with Crippen LogP contribution in [0.15, 0.2) is 46.9 Å². The van der Waals surface area contributed by atoms with Crippen LogP contribution in [0.1, 0.15) is 10.4 Å². The van der Waals surface area contributed by atoms with Crippen LogP contribution in [-0.4, -0.2) is 10.9 Å². The summed E-state index contributed by atoms with van der Waals surface area (Å²) in [5.74, 6) is -0.268. The standard InChI is InChI=1S/C14H8BrClN2OS/c15-9-5-3-4-8(12(9)16)13(19)18-14-17-10-6-1-2-7-11(10)20-14/h1-7H,(H,17,18,19). The van der Waals surface area contributed by atoms with Crippen molar-refractivity contribution in [2.75, 3.05) is 5.32 Å². The Balaban J connectivity index is 1.90. The van der Waals surface area contributed by atoms with E-state index in [0.29, 0.717) is 20.2 Å². The summed E-state index contributed by atoms with van der Waals surface area (Å²) in [6.07, 6.45) is 0. The van der Waals surface area contributed by atoms with E-state index in [-0.39, 0.29) is 5.91 Å². The lowest BCUT2D eigenvalue weighted by Gasteiger charge is -2.05. The molecule has 0 aliphatic heterocycles. The van der Waals surface area contributed by atoms with E-state index in [1.165, 1.54) is 11.3 Å². The zero-order chi connectivity index (χ0) is 14.1. The lowest BCUT2D eigenvalue weighted by Crippen LogP contribution is -2.12. The maximum Gasteiger partial charge on any atom is 0.258 e. The third kappa shape index (κ3) is 2.57. The molecule has 3 aromatic rings. The average Bonchev–Trinajstić information content (AvgIpc) is 2.83. The molecule has 1 N–H and O–H groups in total. The fourth-order valence-corrected chi connectivity index (χ4v) is 3.21. The first-order chi connectivity index (χ1) is 9.65. The van der Waals surface area contributed by atoms with Crippen molar-refractivity contribution in [2.45, 2.75) is 0 Å². The summed E-state index contributed by atoms with van der Waals surface area (Å²) in [6.45, 7) is 0. The highest BCUT2D eigenvalue weighted by molar-refractivity contribution is 9.10. The van der Waals surface area contributed by atoms with Gasteiger partial charge in [0.25, 0.3) is 5.91 Å². The molecule has 100 valence electrons. The number of carbonyl (C=O) groups excluding carboxylic acids is 1. The van der Waals surface area contributed by atoms with Crippen LogP contribution >= 0.6 is 38.9 Å². The number of fused-ring (bicyclic) bond motifs is 1. The van der Waals surface area contributed by atoms with Crippen molar-refractivity contribution in [3.05, 3.63) is 57.5 Å². The predicted octanol–water partition coefficient (Wildman–Crippen LogP) is 4.96. The second-order valence-corrected chi connectivity index (χ2v) is 6.31. The maximum absolute atomic E-state index is 12.2. The van der Waals surface area contributed by atoms with Crippen molar-refractivity contribution in [1.29, 1.82) is 0 Å². The molecule has 0 radical (unpaired) electrons. The van der Waals surface area contributed by atoms with Gasteiger partial charge in [0.05, 0.1) is 20.8 Å². The Morgan fingerprint density at radius 2 is 2.00 bits per heavy atom. The average molecular weight is 368 g/mol. The maximum atomic E-state index is 12.2. The molecule has 1 heterocycles. The van der Waals surface area contributed by atoms with Gasteiger partial charge in [-0.2, -0.15) is 0 Å². The zero-order valence-electron chi connectivity index (χ0n) is 10.1. The number of carbonyl (C=O) groups is 1. The van der Waals surface area contributed by atoms with Crippen molar-refractivity contribution in [3.63, 3.8) is 0 Å². The van der Waals surface area contributed by atoms with Crippen LogP contribution in [0.4, 0.5) is 5.13 Å². The second kappa shape index (κ2) is 5.52. The van der Waals surface area contributed by atoms with E-state index in [4.69, 9.17) is 11.6 Å². The lowest BCUT2D eigenvalue weighted by molar-refractivity contribution is 0.102. The highest BCUT2D eigenvalue weighted by atomic mass is 79.9. The molecule has 0 unspecified atom stereocenters. The fraction of sp³-hybridized carbons (Fsp3) is 0. The summed E-state index contributed by atoms with van der Waals surface area (Å²) in [7, 11) is 0. The molecule has 0 saturated heterocycles. The Kier molecular flexibility index (Phi) is 3.74. The number of halogens is 2. The lowest BCUT2D eigenvalue weighted by atomic mass is 10.2. The van der Waals surface area contributed by atoms with Crippen LogP contribution < -0.4 is 5.32 Å². The first-order valence-corrected chi connectivity index (χ1v) is 7.75. The fourth-order valence-electron chi connectivity index (χ4n) is 1.77. The van der Waals surface area contributed by atoms with E-state index in [1.54, 1.807) is 18.2 Å². The second-order valence-electron chi connectivity index (χ2n) is 4.04. The highest BCUT2D eigenvalue weighted by Gasteiger charge is 2.14. The van der Waals surface area contributed by atoms with Crippen molar-refractivity contribution in [2.24, 2.45) is 0 Å².